The predicted octanol–water partition coefficient (Wildman–Crippen LogP) is 5.57. The molecule has 2 aromatic rings. The number of halogens is 3. The Kier molecular flexibility index (Phi) is 5.50. The van der Waals surface area contributed by atoms with Crippen LogP contribution in [0.5, 0.6) is 0 Å². The average Bonchev–Trinajstić information content (AvgIpc) is 2.41. The van der Waals surface area contributed by atoms with Gasteiger partial charge in [0.05, 0.1) is 10.0 Å². The van der Waals surface area contributed by atoms with Gasteiger partial charge in [-0.05, 0) is 55.3 Å². The summed E-state index contributed by atoms with van der Waals surface area (Å²) in [5.41, 5.74) is 3.64. The maximum Gasteiger partial charge on any atom is 0.0595 e. The number of likely N-dealkylation sites (N-methyl/N-ethyl adjacent to an activating group) is 1. The first-order valence-electron chi connectivity index (χ1n) is 6.38. The number of hydrogen-bond acceptors (Lipinski definition) is 1. The van der Waals surface area contributed by atoms with Crippen LogP contribution in [0.4, 0.5) is 0 Å². The standard InChI is InChI=1S/C16H16BrCl2N/c1-10-3-5-12(13(17)7-10)16(20-2)9-11-4-6-14(18)15(19)8-11/h3-8,16,20H,9H2,1-2H3. The van der Waals surface area contributed by atoms with Gasteiger partial charge < -0.3 is 5.32 Å². The maximum absolute atomic E-state index is 6.08. The van der Waals surface area contributed by atoms with Gasteiger partial charge in [0.25, 0.3) is 0 Å². The minimum atomic E-state index is 0.224. The number of hydrogen-bond donors (Lipinski definition) is 1. The molecule has 0 aliphatic rings. The Morgan fingerprint density at radius 1 is 1.10 bits per heavy atom. The van der Waals surface area contributed by atoms with Crippen LogP contribution >= 0.6 is 39.1 Å². The zero-order valence-corrected chi connectivity index (χ0v) is 14.5. The van der Waals surface area contributed by atoms with E-state index >= 15 is 0 Å². The number of aryl methyl sites for hydroxylation is 1. The molecular weight excluding hydrogens is 357 g/mol. The molecule has 0 fully saturated rings. The topological polar surface area (TPSA) is 12.0 Å². The third-order valence-electron chi connectivity index (χ3n) is 3.30. The van der Waals surface area contributed by atoms with Crippen molar-refractivity contribution in [3.8, 4) is 0 Å². The molecule has 0 aliphatic heterocycles. The molecule has 106 valence electrons. The molecule has 20 heavy (non-hydrogen) atoms. The number of nitrogens with one attached hydrogen (secondary N) is 1. The molecule has 1 nitrogen and oxygen atoms in total. The lowest BCUT2D eigenvalue weighted by Crippen LogP contribution is -2.19. The molecule has 1 unspecified atom stereocenters. The van der Waals surface area contributed by atoms with Crippen molar-refractivity contribution < 1.29 is 0 Å². The van der Waals surface area contributed by atoms with Crippen LogP contribution in [0.25, 0.3) is 0 Å². The summed E-state index contributed by atoms with van der Waals surface area (Å²) in [6, 6.07) is 12.4. The van der Waals surface area contributed by atoms with Crippen LogP contribution in [-0.2, 0) is 6.42 Å². The Morgan fingerprint density at radius 3 is 2.45 bits per heavy atom. The lowest BCUT2D eigenvalue weighted by molar-refractivity contribution is 0.589. The van der Waals surface area contributed by atoms with Gasteiger partial charge in [0.2, 0.25) is 0 Å². The lowest BCUT2D eigenvalue weighted by atomic mass is 9.98. The summed E-state index contributed by atoms with van der Waals surface area (Å²) in [5.74, 6) is 0. The minimum absolute atomic E-state index is 0.224. The Hall–Kier alpha value is -0.540. The van der Waals surface area contributed by atoms with E-state index in [2.05, 4.69) is 46.4 Å². The Balaban J connectivity index is 2.26. The fraction of sp³-hybridized carbons (Fsp3) is 0.250. The fourth-order valence-corrected chi connectivity index (χ4v) is 3.27. The highest BCUT2D eigenvalue weighted by molar-refractivity contribution is 9.10. The van der Waals surface area contributed by atoms with Crippen molar-refractivity contribution in [3.05, 3.63) is 67.6 Å². The monoisotopic (exact) mass is 371 g/mol. The molecular formula is C16H16BrCl2N. The van der Waals surface area contributed by atoms with Gasteiger partial charge in [0.15, 0.2) is 0 Å². The SMILES string of the molecule is CNC(Cc1ccc(Cl)c(Cl)c1)c1ccc(C)cc1Br. The molecule has 1 N–H and O–H groups in total. The van der Waals surface area contributed by atoms with Crippen LogP contribution in [0.15, 0.2) is 40.9 Å². The van der Waals surface area contributed by atoms with E-state index in [0.29, 0.717) is 10.0 Å². The summed E-state index contributed by atoms with van der Waals surface area (Å²) in [7, 11) is 1.97. The van der Waals surface area contributed by atoms with E-state index in [0.717, 1.165) is 16.5 Å². The summed E-state index contributed by atoms with van der Waals surface area (Å²) < 4.78 is 1.12. The Bertz CT molecular complexity index is 613. The van der Waals surface area contributed by atoms with E-state index in [1.165, 1.54) is 11.1 Å². The van der Waals surface area contributed by atoms with Crippen molar-refractivity contribution in [1.29, 1.82) is 0 Å². The molecule has 0 saturated carbocycles. The molecule has 0 radical (unpaired) electrons. The predicted molar refractivity (Wildman–Crippen MR) is 90.8 cm³/mol. The largest absolute Gasteiger partial charge is 0.313 e. The van der Waals surface area contributed by atoms with E-state index in [-0.39, 0.29) is 6.04 Å². The van der Waals surface area contributed by atoms with Crippen molar-refractivity contribution in [2.24, 2.45) is 0 Å². The van der Waals surface area contributed by atoms with Gasteiger partial charge in [-0.1, -0.05) is 57.3 Å². The third kappa shape index (κ3) is 3.76. The van der Waals surface area contributed by atoms with Gasteiger partial charge in [-0.2, -0.15) is 0 Å². The second-order valence-electron chi connectivity index (χ2n) is 4.82. The Labute approximate surface area is 138 Å². The summed E-state index contributed by atoms with van der Waals surface area (Å²) >= 11 is 15.7. The molecule has 0 amide bonds. The second kappa shape index (κ2) is 6.95. The zero-order chi connectivity index (χ0) is 14.7. The van der Waals surface area contributed by atoms with E-state index in [1.54, 1.807) is 0 Å². The summed E-state index contributed by atoms with van der Waals surface area (Å²) in [6.07, 6.45) is 0.856. The van der Waals surface area contributed by atoms with Gasteiger partial charge in [-0.15, -0.1) is 0 Å². The van der Waals surface area contributed by atoms with Crippen molar-refractivity contribution in [2.75, 3.05) is 7.05 Å². The van der Waals surface area contributed by atoms with Crippen molar-refractivity contribution in [2.45, 2.75) is 19.4 Å². The van der Waals surface area contributed by atoms with Crippen LogP contribution in [0, 0.1) is 6.92 Å². The summed E-state index contributed by atoms with van der Waals surface area (Å²) in [4.78, 5) is 0. The average molecular weight is 373 g/mol. The molecule has 0 saturated heterocycles. The lowest BCUT2D eigenvalue weighted by Gasteiger charge is -2.19. The zero-order valence-electron chi connectivity index (χ0n) is 11.4. The molecule has 0 aromatic heterocycles. The first-order valence-corrected chi connectivity index (χ1v) is 7.93. The highest BCUT2D eigenvalue weighted by atomic mass is 79.9. The van der Waals surface area contributed by atoms with Crippen LogP contribution in [0.2, 0.25) is 10.0 Å². The van der Waals surface area contributed by atoms with Crippen LogP contribution < -0.4 is 5.32 Å². The van der Waals surface area contributed by atoms with Crippen molar-refractivity contribution >= 4 is 39.1 Å². The van der Waals surface area contributed by atoms with Gasteiger partial charge in [0, 0.05) is 10.5 Å². The van der Waals surface area contributed by atoms with E-state index in [9.17, 15) is 0 Å². The van der Waals surface area contributed by atoms with Crippen LogP contribution in [-0.4, -0.2) is 7.05 Å². The molecule has 0 spiro atoms. The van der Waals surface area contributed by atoms with Crippen molar-refractivity contribution in [1.82, 2.24) is 5.32 Å². The maximum atomic E-state index is 6.08. The molecule has 4 heteroatoms. The van der Waals surface area contributed by atoms with E-state index < -0.39 is 0 Å². The van der Waals surface area contributed by atoms with E-state index in [4.69, 9.17) is 23.2 Å². The molecule has 0 heterocycles. The van der Waals surface area contributed by atoms with Gasteiger partial charge in [0.1, 0.15) is 0 Å². The smallest absolute Gasteiger partial charge is 0.0595 e. The molecule has 0 aliphatic carbocycles. The Morgan fingerprint density at radius 2 is 1.85 bits per heavy atom. The van der Waals surface area contributed by atoms with Gasteiger partial charge >= 0.3 is 0 Å². The number of benzene rings is 2. The minimum Gasteiger partial charge on any atom is -0.313 e. The normalized spacial score (nSPS) is 12.4. The molecule has 2 aromatic carbocycles. The van der Waals surface area contributed by atoms with Gasteiger partial charge in [-0.3, -0.25) is 0 Å². The molecule has 1 atom stereocenters. The van der Waals surface area contributed by atoms with Gasteiger partial charge in [-0.25, -0.2) is 0 Å². The highest BCUT2D eigenvalue weighted by Crippen LogP contribution is 2.29. The first kappa shape index (κ1) is 15.8. The fourth-order valence-electron chi connectivity index (χ4n) is 2.18. The van der Waals surface area contributed by atoms with E-state index in [1.807, 2.05) is 25.2 Å². The second-order valence-corrected chi connectivity index (χ2v) is 6.49. The van der Waals surface area contributed by atoms with Crippen LogP contribution in [0.1, 0.15) is 22.7 Å². The summed E-state index contributed by atoms with van der Waals surface area (Å²) in [6.45, 7) is 2.09. The highest BCUT2D eigenvalue weighted by Gasteiger charge is 2.14. The quantitative estimate of drug-likeness (QED) is 0.739. The molecule has 0 bridgehead atoms. The van der Waals surface area contributed by atoms with Crippen molar-refractivity contribution in [3.63, 3.8) is 0 Å². The first-order chi connectivity index (χ1) is 9.51. The summed E-state index contributed by atoms with van der Waals surface area (Å²) in [5, 5.41) is 4.54. The third-order valence-corrected chi connectivity index (χ3v) is 4.73. The molecule has 2 rings (SSSR count). The number of rotatable bonds is 4. The van der Waals surface area contributed by atoms with Crippen LogP contribution in [0.3, 0.4) is 0 Å².